The van der Waals surface area contributed by atoms with Gasteiger partial charge in [0, 0.05) is 32.1 Å². The minimum atomic E-state index is -1.51. The van der Waals surface area contributed by atoms with Crippen LogP contribution in [0.15, 0.2) is 18.2 Å². The molecule has 9 nitrogen and oxygen atoms in total. The summed E-state index contributed by atoms with van der Waals surface area (Å²) in [6.07, 6.45) is 2.88. The lowest BCUT2D eigenvalue weighted by molar-refractivity contribution is -0.155. The molecule has 9 heteroatoms. The monoisotopic (exact) mass is 493 g/mol. The molecule has 0 saturated heterocycles. The topological polar surface area (TPSA) is 131 Å². The molecule has 0 aliphatic heterocycles. The fourth-order valence-electron chi connectivity index (χ4n) is 3.54. The molecule has 1 unspecified atom stereocenters. The van der Waals surface area contributed by atoms with Crippen LogP contribution in [0.3, 0.4) is 0 Å². The third kappa shape index (κ3) is 10.5. The van der Waals surface area contributed by atoms with Crippen molar-refractivity contribution >= 4 is 23.9 Å². The molecule has 0 amide bonds. The van der Waals surface area contributed by atoms with Gasteiger partial charge in [-0.05, 0) is 43.9 Å². The van der Waals surface area contributed by atoms with Crippen molar-refractivity contribution in [1.82, 2.24) is 0 Å². The van der Waals surface area contributed by atoms with E-state index in [9.17, 15) is 19.2 Å². The highest BCUT2D eigenvalue weighted by Gasteiger charge is 2.38. The van der Waals surface area contributed by atoms with Crippen LogP contribution >= 0.6 is 0 Å². The standard InChI is InChI=1S/C26H39NO8/c1-6-9-12-24(30)33-18(4)16-26(27,25(31)32-5)17-19-13-14-20(34-22(28)10-7-2)21(15-19)35-23(29)11-8-3/h13-15,18H,6-12,16-17,27H2,1-5H3/t18-,26?/m0/s1. The second-order valence-corrected chi connectivity index (χ2v) is 8.66. The highest BCUT2D eigenvalue weighted by Crippen LogP contribution is 2.32. The summed E-state index contributed by atoms with van der Waals surface area (Å²) < 4.78 is 21.1. The third-order valence-electron chi connectivity index (χ3n) is 5.19. The predicted molar refractivity (Wildman–Crippen MR) is 130 cm³/mol. The fraction of sp³-hybridized carbons (Fsp3) is 0.615. The van der Waals surface area contributed by atoms with E-state index in [1.54, 1.807) is 13.0 Å². The fourth-order valence-corrected chi connectivity index (χ4v) is 3.54. The van der Waals surface area contributed by atoms with Gasteiger partial charge in [-0.3, -0.25) is 19.2 Å². The summed E-state index contributed by atoms with van der Waals surface area (Å²) in [6, 6.07) is 4.65. The maximum absolute atomic E-state index is 12.6. The van der Waals surface area contributed by atoms with Crippen LogP contribution in [0, 0.1) is 0 Å². The van der Waals surface area contributed by atoms with E-state index < -0.39 is 29.6 Å². The van der Waals surface area contributed by atoms with E-state index in [-0.39, 0.29) is 43.2 Å². The summed E-state index contributed by atoms with van der Waals surface area (Å²) in [5.41, 5.74) is 5.50. The smallest absolute Gasteiger partial charge is 0.326 e. The zero-order valence-electron chi connectivity index (χ0n) is 21.5. The van der Waals surface area contributed by atoms with Gasteiger partial charge >= 0.3 is 23.9 Å². The molecule has 35 heavy (non-hydrogen) atoms. The van der Waals surface area contributed by atoms with Gasteiger partial charge in [-0.15, -0.1) is 0 Å². The van der Waals surface area contributed by atoms with Crippen LogP contribution in [0.1, 0.15) is 84.6 Å². The normalized spacial score (nSPS) is 13.3. The minimum absolute atomic E-state index is 0.0119. The maximum Gasteiger partial charge on any atom is 0.326 e. The number of nitrogens with two attached hydrogens (primary N) is 1. The van der Waals surface area contributed by atoms with Gasteiger partial charge in [0.1, 0.15) is 11.6 Å². The first kappa shape index (κ1) is 30.1. The highest BCUT2D eigenvalue weighted by atomic mass is 16.6. The lowest BCUT2D eigenvalue weighted by atomic mass is 9.86. The van der Waals surface area contributed by atoms with Crippen molar-refractivity contribution in [3.8, 4) is 11.5 Å². The summed E-state index contributed by atoms with van der Waals surface area (Å²) in [5, 5.41) is 0. The number of methoxy groups -OCH3 is 1. The van der Waals surface area contributed by atoms with E-state index in [4.69, 9.17) is 24.7 Å². The predicted octanol–water partition coefficient (Wildman–Crippen LogP) is 4.02. The van der Waals surface area contributed by atoms with Crippen molar-refractivity contribution in [2.24, 2.45) is 5.73 Å². The molecule has 0 aromatic heterocycles. The molecule has 0 spiro atoms. The number of hydrogen-bond donors (Lipinski definition) is 1. The molecule has 0 radical (unpaired) electrons. The molecule has 2 N–H and O–H groups in total. The number of carbonyl (C=O) groups is 4. The van der Waals surface area contributed by atoms with E-state index in [0.717, 1.165) is 6.42 Å². The molecule has 2 atom stereocenters. The summed E-state index contributed by atoms with van der Waals surface area (Å²) in [5.74, 6) is -1.77. The number of carbonyl (C=O) groups excluding carboxylic acids is 4. The highest BCUT2D eigenvalue weighted by molar-refractivity contribution is 5.81. The summed E-state index contributed by atoms with van der Waals surface area (Å²) >= 11 is 0. The van der Waals surface area contributed by atoms with Gasteiger partial charge in [0.25, 0.3) is 0 Å². The largest absolute Gasteiger partial charge is 0.468 e. The Morgan fingerprint density at radius 1 is 0.886 bits per heavy atom. The third-order valence-corrected chi connectivity index (χ3v) is 5.19. The maximum atomic E-state index is 12.6. The van der Waals surface area contributed by atoms with Crippen molar-refractivity contribution in [3.05, 3.63) is 23.8 Å². The molecule has 0 fully saturated rings. The van der Waals surface area contributed by atoms with Crippen molar-refractivity contribution in [3.63, 3.8) is 0 Å². The van der Waals surface area contributed by atoms with Crippen LogP contribution in [0.5, 0.6) is 11.5 Å². The van der Waals surface area contributed by atoms with Gasteiger partial charge in [-0.25, -0.2) is 0 Å². The molecule has 0 heterocycles. The van der Waals surface area contributed by atoms with E-state index in [0.29, 0.717) is 31.2 Å². The zero-order valence-corrected chi connectivity index (χ0v) is 21.5. The second kappa shape index (κ2) is 15.1. The van der Waals surface area contributed by atoms with E-state index in [1.807, 2.05) is 20.8 Å². The number of hydrogen-bond acceptors (Lipinski definition) is 9. The first-order valence-electron chi connectivity index (χ1n) is 12.2. The Labute approximate surface area is 207 Å². The van der Waals surface area contributed by atoms with Gasteiger partial charge in [-0.2, -0.15) is 0 Å². The van der Waals surface area contributed by atoms with Crippen molar-refractivity contribution < 1.29 is 38.1 Å². The lowest BCUT2D eigenvalue weighted by Gasteiger charge is -2.29. The van der Waals surface area contributed by atoms with Gasteiger partial charge in [-0.1, -0.05) is 33.3 Å². The van der Waals surface area contributed by atoms with Crippen LogP contribution in [-0.2, 0) is 35.1 Å². The molecule has 0 saturated carbocycles. The number of rotatable bonds is 15. The summed E-state index contributed by atoms with van der Waals surface area (Å²) in [7, 11) is 1.23. The molecule has 0 aliphatic carbocycles. The summed E-state index contributed by atoms with van der Waals surface area (Å²) in [4.78, 5) is 48.8. The Balaban J connectivity index is 3.17. The van der Waals surface area contributed by atoms with Crippen molar-refractivity contribution in [2.75, 3.05) is 7.11 Å². The average Bonchev–Trinajstić information content (AvgIpc) is 2.78. The van der Waals surface area contributed by atoms with Crippen molar-refractivity contribution in [2.45, 2.75) is 97.1 Å². The lowest BCUT2D eigenvalue weighted by Crippen LogP contribution is -2.53. The van der Waals surface area contributed by atoms with E-state index in [1.165, 1.54) is 19.2 Å². The first-order valence-corrected chi connectivity index (χ1v) is 12.2. The Hall–Kier alpha value is -2.94. The van der Waals surface area contributed by atoms with Crippen LogP contribution in [-0.4, -0.2) is 42.6 Å². The van der Waals surface area contributed by atoms with Crippen molar-refractivity contribution in [1.29, 1.82) is 0 Å². The molecular weight excluding hydrogens is 454 g/mol. The molecule has 196 valence electrons. The molecular formula is C26H39NO8. The van der Waals surface area contributed by atoms with E-state index in [2.05, 4.69) is 0 Å². The Bertz CT molecular complexity index is 869. The van der Waals surface area contributed by atoms with Gasteiger partial charge in [0.05, 0.1) is 7.11 Å². The van der Waals surface area contributed by atoms with Crippen LogP contribution in [0.4, 0.5) is 0 Å². The van der Waals surface area contributed by atoms with Crippen LogP contribution in [0.25, 0.3) is 0 Å². The molecule has 1 aromatic carbocycles. The summed E-state index contributed by atoms with van der Waals surface area (Å²) in [6.45, 7) is 7.34. The number of benzene rings is 1. The Morgan fingerprint density at radius 2 is 1.49 bits per heavy atom. The quantitative estimate of drug-likeness (QED) is 0.284. The molecule has 0 bridgehead atoms. The van der Waals surface area contributed by atoms with Crippen LogP contribution < -0.4 is 15.2 Å². The SMILES string of the molecule is CCCCC(=O)O[C@@H](C)CC(N)(Cc1ccc(OC(=O)CCC)c(OC(=O)CCC)c1)C(=O)OC. The van der Waals surface area contributed by atoms with Gasteiger partial charge in [0.2, 0.25) is 0 Å². The Morgan fingerprint density at radius 3 is 2.03 bits per heavy atom. The first-order chi connectivity index (χ1) is 16.6. The Kier molecular flexibility index (Phi) is 13.0. The van der Waals surface area contributed by atoms with Gasteiger partial charge < -0.3 is 24.7 Å². The number of ether oxygens (including phenoxy) is 4. The van der Waals surface area contributed by atoms with Crippen LogP contribution in [0.2, 0.25) is 0 Å². The molecule has 0 aliphatic rings. The zero-order chi connectivity index (χ0) is 26.4. The number of unbranched alkanes of at least 4 members (excludes halogenated alkanes) is 1. The molecule has 1 aromatic rings. The second-order valence-electron chi connectivity index (χ2n) is 8.66. The van der Waals surface area contributed by atoms with Gasteiger partial charge in [0.15, 0.2) is 11.5 Å². The van der Waals surface area contributed by atoms with E-state index >= 15 is 0 Å². The average molecular weight is 494 g/mol. The minimum Gasteiger partial charge on any atom is -0.468 e. The number of esters is 4. The molecule has 1 rings (SSSR count).